The topological polar surface area (TPSA) is 112 Å². The second kappa shape index (κ2) is 7.85. The molecule has 0 unspecified atom stereocenters. The highest BCUT2D eigenvalue weighted by atomic mass is 32.2. The summed E-state index contributed by atoms with van der Waals surface area (Å²) in [6.07, 6.45) is 7.35. The molecule has 0 aromatic carbocycles. The largest absolute Gasteiger partial charge is 0.481 e. The van der Waals surface area contributed by atoms with Gasteiger partial charge in [0, 0.05) is 35.5 Å². The van der Waals surface area contributed by atoms with Crippen molar-refractivity contribution in [2.75, 3.05) is 12.4 Å². The van der Waals surface area contributed by atoms with Gasteiger partial charge in [0.1, 0.15) is 5.03 Å². The summed E-state index contributed by atoms with van der Waals surface area (Å²) >= 11 is 1.39. The van der Waals surface area contributed by atoms with Crippen LogP contribution in [0.15, 0.2) is 65.2 Å². The molecule has 11 heteroatoms. The van der Waals surface area contributed by atoms with Gasteiger partial charge in [-0.05, 0) is 54.9 Å². The number of ether oxygens (including phenoxy) is 1. The normalized spacial score (nSPS) is 13.5. The highest BCUT2D eigenvalue weighted by Crippen LogP contribution is 2.30. The summed E-state index contributed by atoms with van der Waals surface area (Å²) in [6, 6.07) is 11.4. The number of aromatic nitrogens is 7. The van der Waals surface area contributed by atoms with Crippen molar-refractivity contribution < 1.29 is 9.53 Å². The number of nitrogens with one attached hydrogen (secondary N) is 1. The number of nitrogens with zero attached hydrogens (tertiary/aromatic N) is 7. The van der Waals surface area contributed by atoms with Crippen LogP contribution in [0.5, 0.6) is 5.88 Å². The van der Waals surface area contributed by atoms with E-state index in [1.807, 2.05) is 47.0 Å². The predicted molar refractivity (Wildman–Crippen MR) is 121 cm³/mol. The quantitative estimate of drug-likeness (QED) is 0.412. The summed E-state index contributed by atoms with van der Waals surface area (Å²) < 4.78 is 8.72. The van der Waals surface area contributed by atoms with Crippen LogP contribution in [0.2, 0.25) is 0 Å². The molecule has 5 aromatic heterocycles. The Morgan fingerprint density at radius 1 is 1.06 bits per heavy atom. The van der Waals surface area contributed by atoms with Crippen LogP contribution in [0.4, 0.5) is 5.82 Å². The predicted octanol–water partition coefficient (Wildman–Crippen LogP) is 3.34. The molecular formula is C22H18N8O2S. The Bertz CT molecular complexity index is 1490. The van der Waals surface area contributed by atoms with Crippen LogP contribution in [0.25, 0.3) is 22.4 Å². The maximum absolute atomic E-state index is 12.0. The molecule has 33 heavy (non-hydrogen) atoms. The summed E-state index contributed by atoms with van der Waals surface area (Å²) in [5.74, 6) is 1.21. The Morgan fingerprint density at radius 3 is 2.70 bits per heavy atom. The van der Waals surface area contributed by atoms with E-state index in [-0.39, 0.29) is 11.8 Å². The van der Waals surface area contributed by atoms with Gasteiger partial charge in [0.05, 0.1) is 13.3 Å². The van der Waals surface area contributed by atoms with Gasteiger partial charge >= 0.3 is 0 Å². The van der Waals surface area contributed by atoms with Crippen molar-refractivity contribution in [2.45, 2.75) is 23.0 Å². The first-order valence-corrected chi connectivity index (χ1v) is 11.2. The van der Waals surface area contributed by atoms with Crippen molar-refractivity contribution in [1.82, 2.24) is 34.2 Å². The maximum atomic E-state index is 12.0. The third-order valence-electron chi connectivity index (χ3n) is 5.34. The lowest BCUT2D eigenvalue weighted by molar-refractivity contribution is -0.117. The number of carbonyl (C=O) groups excluding carboxylic acids is 1. The fourth-order valence-electron chi connectivity index (χ4n) is 3.43. The van der Waals surface area contributed by atoms with E-state index in [9.17, 15) is 4.79 Å². The van der Waals surface area contributed by atoms with Gasteiger partial charge in [0.15, 0.2) is 17.1 Å². The van der Waals surface area contributed by atoms with Crippen LogP contribution < -0.4 is 10.1 Å². The summed E-state index contributed by atoms with van der Waals surface area (Å²) in [4.78, 5) is 20.7. The first-order valence-electron chi connectivity index (χ1n) is 10.4. The van der Waals surface area contributed by atoms with Crippen LogP contribution in [0, 0.1) is 5.92 Å². The highest BCUT2D eigenvalue weighted by molar-refractivity contribution is 7.99. The second-order valence-electron chi connectivity index (χ2n) is 7.68. The first kappa shape index (κ1) is 19.7. The molecule has 5 heterocycles. The molecule has 1 N–H and O–H groups in total. The van der Waals surface area contributed by atoms with E-state index in [2.05, 4.69) is 30.6 Å². The molecule has 5 aromatic rings. The van der Waals surface area contributed by atoms with Gasteiger partial charge in [0.25, 0.3) is 0 Å². The Morgan fingerprint density at radius 2 is 1.91 bits per heavy atom. The van der Waals surface area contributed by atoms with Crippen molar-refractivity contribution in [2.24, 2.45) is 5.92 Å². The van der Waals surface area contributed by atoms with E-state index < -0.39 is 0 Å². The Hall–Kier alpha value is -3.99. The molecule has 1 saturated carbocycles. The molecule has 0 aliphatic heterocycles. The highest BCUT2D eigenvalue weighted by Gasteiger charge is 2.30. The maximum Gasteiger partial charge on any atom is 0.228 e. The fraction of sp³-hybridized carbons (Fsp3) is 0.182. The van der Waals surface area contributed by atoms with Crippen LogP contribution >= 0.6 is 11.8 Å². The third-order valence-corrected chi connectivity index (χ3v) is 6.23. The zero-order valence-corrected chi connectivity index (χ0v) is 18.4. The summed E-state index contributed by atoms with van der Waals surface area (Å²) in [5.41, 5.74) is 3.33. The van der Waals surface area contributed by atoms with Crippen LogP contribution in [0.3, 0.4) is 0 Å². The molecule has 0 radical (unpaired) electrons. The van der Waals surface area contributed by atoms with E-state index in [0.29, 0.717) is 22.5 Å². The minimum Gasteiger partial charge on any atom is -0.481 e. The Balaban J connectivity index is 1.27. The van der Waals surface area contributed by atoms with Crippen LogP contribution in [-0.4, -0.2) is 47.2 Å². The first-order chi connectivity index (χ1) is 16.2. The summed E-state index contributed by atoms with van der Waals surface area (Å²) in [7, 11) is 1.59. The van der Waals surface area contributed by atoms with E-state index in [1.165, 1.54) is 11.8 Å². The molecule has 10 nitrogen and oxygen atoms in total. The number of imidazole rings is 1. The SMILES string of the molecule is COc1ccc(-c2ccc3nnc(Sc4ccc5nc(NC(=O)C6CC6)cn5n4)n3c2)cn1. The van der Waals surface area contributed by atoms with E-state index in [0.717, 1.165) is 34.6 Å². The van der Waals surface area contributed by atoms with E-state index in [4.69, 9.17) is 4.74 Å². The third kappa shape index (κ3) is 3.87. The van der Waals surface area contributed by atoms with E-state index >= 15 is 0 Å². The van der Waals surface area contributed by atoms with Crippen molar-refractivity contribution in [3.63, 3.8) is 0 Å². The minimum absolute atomic E-state index is 0.0193. The average Bonchev–Trinajstić information content (AvgIpc) is 3.52. The van der Waals surface area contributed by atoms with Crippen LogP contribution in [0.1, 0.15) is 12.8 Å². The second-order valence-corrected chi connectivity index (χ2v) is 8.67. The number of pyridine rings is 2. The molecule has 164 valence electrons. The molecule has 1 fully saturated rings. The molecule has 0 atom stereocenters. The molecule has 0 spiro atoms. The summed E-state index contributed by atoms with van der Waals surface area (Å²) in [6.45, 7) is 0. The molecule has 0 bridgehead atoms. The van der Waals surface area contributed by atoms with Gasteiger partial charge in [-0.15, -0.1) is 10.2 Å². The lowest BCUT2D eigenvalue weighted by Gasteiger charge is -2.05. The van der Waals surface area contributed by atoms with Crippen molar-refractivity contribution in [3.05, 3.63) is 55.0 Å². The Labute approximate surface area is 192 Å². The number of anilines is 1. The average molecular weight is 459 g/mol. The number of fused-ring (bicyclic) bond motifs is 2. The number of carbonyl (C=O) groups is 1. The summed E-state index contributed by atoms with van der Waals surface area (Å²) in [5, 5.41) is 17.5. The van der Waals surface area contributed by atoms with Gasteiger partial charge in [-0.1, -0.05) is 0 Å². The molecule has 1 aliphatic carbocycles. The van der Waals surface area contributed by atoms with Crippen molar-refractivity contribution in [1.29, 1.82) is 0 Å². The van der Waals surface area contributed by atoms with E-state index in [1.54, 1.807) is 24.0 Å². The molecule has 6 rings (SSSR count). The van der Waals surface area contributed by atoms with Gasteiger partial charge in [-0.25, -0.2) is 14.5 Å². The Kier molecular flexibility index (Phi) is 4.68. The molecule has 1 amide bonds. The number of rotatable bonds is 6. The van der Waals surface area contributed by atoms with Crippen molar-refractivity contribution in [3.8, 4) is 17.0 Å². The van der Waals surface area contributed by atoms with Gasteiger partial charge in [0.2, 0.25) is 16.9 Å². The zero-order valence-electron chi connectivity index (χ0n) is 17.5. The number of amides is 1. The van der Waals surface area contributed by atoms with Gasteiger partial charge in [-0.2, -0.15) is 5.10 Å². The minimum atomic E-state index is 0.0193. The standard InChI is InChI=1S/C22H18N8O2S/c1-32-19-8-5-14(10-23-19)15-4-6-18-26-27-22(29(18)11-15)33-20-9-7-17-24-16(12-30(17)28-20)25-21(31)13-2-3-13/h4-13H,2-3H2,1H3,(H,25,31). The zero-order chi connectivity index (χ0) is 22.4. The van der Waals surface area contributed by atoms with Gasteiger partial charge < -0.3 is 10.1 Å². The van der Waals surface area contributed by atoms with Crippen molar-refractivity contribution >= 4 is 34.8 Å². The van der Waals surface area contributed by atoms with Crippen LogP contribution in [-0.2, 0) is 4.79 Å². The van der Waals surface area contributed by atoms with Gasteiger partial charge in [-0.3, -0.25) is 9.20 Å². The number of hydrogen-bond acceptors (Lipinski definition) is 8. The lowest BCUT2D eigenvalue weighted by Crippen LogP contribution is -2.13. The molecule has 0 saturated heterocycles. The smallest absolute Gasteiger partial charge is 0.228 e. The fourth-order valence-corrected chi connectivity index (χ4v) is 4.21. The number of methoxy groups -OCH3 is 1. The lowest BCUT2D eigenvalue weighted by atomic mass is 10.1. The monoisotopic (exact) mass is 458 g/mol. The molecule has 1 aliphatic rings. The molecular weight excluding hydrogens is 440 g/mol. The number of hydrogen-bond donors (Lipinski definition) is 1.